The van der Waals surface area contributed by atoms with Gasteiger partial charge in [0.1, 0.15) is 0 Å². The van der Waals surface area contributed by atoms with Gasteiger partial charge in [0.25, 0.3) is 0 Å². The van der Waals surface area contributed by atoms with E-state index in [-0.39, 0.29) is 5.91 Å². The fraction of sp³-hybridized carbons (Fsp3) is 0.417. The molecule has 84 valence electrons. The second-order valence-corrected chi connectivity index (χ2v) is 4.80. The molecule has 1 amide bonds. The van der Waals surface area contributed by atoms with Crippen LogP contribution in [0.2, 0.25) is 5.02 Å². The summed E-state index contributed by atoms with van der Waals surface area (Å²) in [6.45, 7) is 0.379. The predicted molar refractivity (Wildman–Crippen MR) is 65.1 cm³/mol. The van der Waals surface area contributed by atoms with E-state index in [9.17, 15) is 4.79 Å². The predicted octanol–water partition coefficient (Wildman–Crippen LogP) is 2.65. The van der Waals surface area contributed by atoms with Gasteiger partial charge in [0.15, 0.2) is 0 Å². The molecule has 0 saturated heterocycles. The minimum atomic E-state index is 0.166. The number of nitrogens with zero attached hydrogens (tertiary/aromatic N) is 1. The Bertz CT molecular complexity index is 443. The van der Waals surface area contributed by atoms with Gasteiger partial charge in [-0.05, 0) is 37.5 Å². The average molecular weight is 237 g/mol. The molecule has 0 radical (unpaired) electrons. The molecule has 1 heterocycles. The lowest BCUT2D eigenvalue weighted by Gasteiger charge is -2.40. The largest absolute Gasteiger partial charge is 0.374 e. The van der Waals surface area contributed by atoms with E-state index in [2.05, 4.69) is 5.32 Å². The zero-order valence-corrected chi connectivity index (χ0v) is 9.63. The van der Waals surface area contributed by atoms with Gasteiger partial charge in [0.2, 0.25) is 5.91 Å². The van der Waals surface area contributed by atoms with Crippen molar-refractivity contribution >= 4 is 28.9 Å². The lowest BCUT2D eigenvalue weighted by Crippen LogP contribution is -2.49. The monoisotopic (exact) mass is 236 g/mol. The molecule has 1 fully saturated rings. The van der Waals surface area contributed by atoms with Crippen molar-refractivity contribution in [1.29, 1.82) is 0 Å². The van der Waals surface area contributed by atoms with Crippen LogP contribution in [0.3, 0.4) is 0 Å². The first kappa shape index (κ1) is 9.97. The quantitative estimate of drug-likeness (QED) is 0.813. The van der Waals surface area contributed by atoms with Gasteiger partial charge in [-0.25, -0.2) is 0 Å². The van der Waals surface area contributed by atoms with E-state index in [1.165, 1.54) is 6.42 Å². The van der Waals surface area contributed by atoms with E-state index in [4.69, 9.17) is 11.6 Å². The molecular weight excluding hydrogens is 224 g/mol. The maximum absolute atomic E-state index is 11.9. The SMILES string of the molecule is O=C1CNc2cc(Cl)ccc2N1C1CCC1. The summed E-state index contributed by atoms with van der Waals surface area (Å²) in [5.41, 5.74) is 1.95. The standard InChI is InChI=1S/C12H13ClN2O/c13-8-4-5-11-10(6-8)14-7-12(16)15(11)9-2-1-3-9/h4-6,9,14H,1-3,7H2. The summed E-state index contributed by atoms with van der Waals surface area (Å²) >= 11 is 5.94. The number of hydrogen-bond donors (Lipinski definition) is 1. The van der Waals surface area contributed by atoms with Crippen molar-refractivity contribution in [3.8, 4) is 0 Å². The second-order valence-electron chi connectivity index (χ2n) is 4.36. The second kappa shape index (κ2) is 3.67. The fourth-order valence-corrected chi connectivity index (χ4v) is 2.47. The van der Waals surface area contributed by atoms with Crippen LogP contribution >= 0.6 is 11.6 Å². The van der Waals surface area contributed by atoms with E-state index < -0.39 is 0 Å². The Hall–Kier alpha value is -1.22. The first-order valence-electron chi connectivity index (χ1n) is 5.61. The number of fused-ring (bicyclic) bond motifs is 1. The first-order chi connectivity index (χ1) is 7.75. The van der Waals surface area contributed by atoms with Crippen molar-refractivity contribution in [3.63, 3.8) is 0 Å². The van der Waals surface area contributed by atoms with Gasteiger partial charge in [0.05, 0.1) is 17.9 Å². The molecule has 1 aliphatic heterocycles. The Morgan fingerprint density at radius 1 is 1.38 bits per heavy atom. The Kier molecular flexibility index (Phi) is 2.28. The van der Waals surface area contributed by atoms with Crippen LogP contribution in [0, 0.1) is 0 Å². The first-order valence-corrected chi connectivity index (χ1v) is 5.99. The zero-order valence-electron chi connectivity index (χ0n) is 8.87. The van der Waals surface area contributed by atoms with Crippen molar-refractivity contribution in [2.75, 3.05) is 16.8 Å². The van der Waals surface area contributed by atoms with Crippen molar-refractivity contribution in [2.24, 2.45) is 0 Å². The van der Waals surface area contributed by atoms with Crippen LogP contribution in [0.5, 0.6) is 0 Å². The number of amides is 1. The third-order valence-electron chi connectivity index (χ3n) is 3.36. The molecule has 1 aliphatic carbocycles. The van der Waals surface area contributed by atoms with Crippen LogP contribution in [0.1, 0.15) is 19.3 Å². The molecule has 3 nitrogen and oxygen atoms in total. The number of rotatable bonds is 1. The highest BCUT2D eigenvalue weighted by Crippen LogP contribution is 2.37. The molecular formula is C12H13ClN2O. The number of halogens is 1. The number of carbonyl (C=O) groups excluding carboxylic acids is 1. The molecule has 0 aromatic heterocycles. The minimum absolute atomic E-state index is 0.166. The summed E-state index contributed by atoms with van der Waals surface area (Å²) in [5.74, 6) is 0.166. The molecule has 1 N–H and O–H groups in total. The summed E-state index contributed by atoms with van der Waals surface area (Å²) in [4.78, 5) is 13.8. The lowest BCUT2D eigenvalue weighted by atomic mass is 9.90. The summed E-state index contributed by atoms with van der Waals surface area (Å²) < 4.78 is 0. The molecule has 0 atom stereocenters. The highest BCUT2D eigenvalue weighted by Gasteiger charge is 2.33. The maximum atomic E-state index is 11.9. The van der Waals surface area contributed by atoms with E-state index >= 15 is 0 Å². The zero-order chi connectivity index (χ0) is 11.1. The van der Waals surface area contributed by atoms with Crippen LogP contribution < -0.4 is 10.2 Å². The van der Waals surface area contributed by atoms with Crippen molar-refractivity contribution in [1.82, 2.24) is 0 Å². The molecule has 2 aliphatic rings. The summed E-state index contributed by atoms with van der Waals surface area (Å²) in [5, 5.41) is 3.81. The van der Waals surface area contributed by atoms with E-state index in [0.717, 1.165) is 24.2 Å². The maximum Gasteiger partial charge on any atom is 0.246 e. The summed E-state index contributed by atoms with van der Waals surface area (Å²) in [6.07, 6.45) is 3.46. The molecule has 3 rings (SSSR count). The van der Waals surface area contributed by atoms with E-state index in [1.807, 2.05) is 23.1 Å². The number of benzene rings is 1. The Morgan fingerprint density at radius 3 is 2.88 bits per heavy atom. The van der Waals surface area contributed by atoms with Crippen molar-refractivity contribution < 1.29 is 4.79 Å². The van der Waals surface area contributed by atoms with Crippen LogP contribution in [0.15, 0.2) is 18.2 Å². The van der Waals surface area contributed by atoms with Crippen LogP contribution in [-0.2, 0) is 4.79 Å². The van der Waals surface area contributed by atoms with Gasteiger partial charge in [-0.2, -0.15) is 0 Å². The minimum Gasteiger partial charge on any atom is -0.374 e. The molecule has 4 heteroatoms. The van der Waals surface area contributed by atoms with E-state index in [0.29, 0.717) is 17.6 Å². The number of hydrogen-bond acceptors (Lipinski definition) is 2. The number of nitrogens with one attached hydrogen (secondary N) is 1. The van der Waals surface area contributed by atoms with Gasteiger partial charge in [-0.1, -0.05) is 11.6 Å². The van der Waals surface area contributed by atoms with E-state index in [1.54, 1.807) is 0 Å². The van der Waals surface area contributed by atoms with Crippen LogP contribution in [0.4, 0.5) is 11.4 Å². The smallest absolute Gasteiger partial charge is 0.246 e. The number of carbonyl (C=O) groups is 1. The summed E-state index contributed by atoms with van der Waals surface area (Å²) in [6, 6.07) is 6.05. The number of anilines is 2. The molecule has 1 aromatic carbocycles. The van der Waals surface area contributed by atoms with Crippen molar-refractivity contribution in [2.45, 2.75) is 25.3 Å². The van der Waals surface area contributed by atoms with Gasteiger partial charge in [-0.15, -0.1) is 0 Å². The lowest BCUT2D eigenvalue weighted by molar-refractivity contribution is -0.118. The third-order valence-corrected chi connectivity index (χ3v) is 3.59. The topological polar surface area (TPSA) is 32.3 Å². The molecule has 16 heavy (non-hydrogen) atoms. The van der Waals surface area contributed by atoms with Gasteiger partial charge >= 0.3 is 0 Å². The summed E-state index contributed by atoms with van der Waals surface area (Å²) in [7, 11) is 0. The van der Waals surface area contributed by atoms with Crippen LogP contribution in [0.25, 0.3) is 0 Å². The highest BCUT2D eigenvalue weighted by atomic mass is 35.5. The van der Waals surface area contributed by atoms with Crippen molar-refractivity contribution in [3.05, 3.63) is 23.2 Å². The van der Waals surface area contributed by atoms with Gasteiger partial charge in [0, 0.05) is 11.1 Å². The Balaban J connectivity index is 2.02. The molecule has 0 unspecified atom stereocenters. The molecule has 1 saturated carbocycles. The molecule has 0 bridgehead atoms. The molecule has 1 aromatic rings. The average Bonchev–Trinajstić information content (AvgIpc) is 2.19. The molecule has 0 spiro atoms. The third kappa shape index (κ3) is 1.47. The Labute approximate surface area is 99.4 Å². The Morgan fingerprint density at radius 2 is 2.19 bits per heavy atom. The fourth-order valence-electron chi connectivity index (χ4n) is 2.30. The normalized spacial score (nSPS) is 20.1. The van der Waals surface area contributed by atoms with Gasteiger partial charge < -0.3 is 10.2 Å². The van der Waals surface area contributed by atoms with Crippen LogP contribution in [-0.4, -0.2) is 18.5 Å². The van der Waals surface area contributed by atoms with Gasteiger partial charge in [-0.3, -0.25) is 4.79 Å². The highest BCUT2D eigenvalue weighted by molar-refractivity contribution is 6.31.